The molecule has 0 saturated heterocycles. The van der Waals surface area contributed by atoms with E-state index >= 15 is 0 Å². The van der Waals surface area contributed by atoms with E-state index in [4.69, 9.17) is 4.42 Å². The largest absolute Gasteiger partial charge is 0.455 e. The summed E-state index contributed by atoms with van der Waals surface area (Å²) in [6, 6.07) is 40.8. The molecule has 0 bridgehead atoms. The number of para-hydroxylation sites is 2. The molecule has 1 aromatic heterocycles. The summed E-state index contributed by atoms with van der Waals surface area (Å²) in [7, 11) is 11.2. The molecule has 0 aliphatic rings. The minimum atomic E-state index is 0.921. The first kappa shape index (κ1) is 27.1. The maximum atomic E-state index is 6.25. The minimum absolute atomic E-state index is 0.921. The summed E-state index contributed by atoms with van der Waals surface area (Å²) in [5, 5.41) is 5.85. The van der Waals surface area contributed by atoms with Gasteiger partial charge in [-0.1, -0.05) is 95.9 Å². The zero-order valence-electron chi connectivity index (χ0n) is 25.4. The minimum Gasteiger partial charge on any atom is -0.455 e. The van der Waals surface area contributed by atoms with Gasteiger partial charge in [-0.3, -0.25) is 0 Å². The van der Waals surface area contributed by atoms with Gasteiger partial charge in [0.15, 0.2) is 0 Å². The Labute approximate surface area is 257 Å². The van der Waals surface area contributed by atoms with Gasteiger partial charge in [0, 0.05) is 27.7 Å². The molecule has 0 atom stereocenters. The molecular weight excluding hydrogens is 516 g/mol. The monoisotopic (exact) mass is 547 g/mol. The molecule has 6 aromatic carbocycles. The summed E-state index contributed by atoms with van der Waals surface area (Å²) in [5.41, 5.74) is 18.2. The first-order valence-corrected chi connectivity index (χ1v) is 14.9. The van der Waals surface area contributed by atoms with E-state index in [0.29, 0.717) is 0 Å². The number of anilines is 2. The van der Waals surface area contributed by atoms with Crippen LogP contribution >= 0.6 is 0 Å². The molecule has 1 N–H and O–H groups in total. The van der Waals surface area contributed by atoms with Crippen molar-refractivity contribution < 1.29 is 4.42 Å². The van der Waals surface area contributed by atoms with Crippen LogP contribution < -0.4 is 32.6 Å². The van der Waals surface area contributed by atoms with Crippen molar-refractivity contribution in [2.45, 2.75) is 0 Å². The number of benzene rings is 6. The highest BCUT2D eigenvalue weighted by atomic mass is 16.3. The molecule has 7 aromatic rings. The topological polar surface area (TPSA) is 25.2 Å². The van der Waals surface area contributed by atoms with Crippen LogP contribution in [0.4, 0.5) is 11.4 Å². The number of hydrogen-bond acceptors (Lipinski definition) is 2. The van der Waals surface area contributed by atoms with Gasteiger partial charge in [-0.05, 0) is 58.1 Å². The summed E-state index contributed by atoms with van der Waals surface area (Å²) in [5.74, 6) is 0. The van der Waals surface area contributed by atoms with Crippen LogP contribution in [0, 0.1) is 0 Å². The van der Waals surface area contributed by atoms with Gasteiger partial charge >= 0.3 is 0 Å². The van der Waals surface area contributed by atoms with Gasteiger partial charge in [0.05, 0.1) is 0 Å². The van der Waals surface area contributed by atoms with Crippen LogP contribution in [0.3, 0.4) is 0 Å². The fraction of sp³-hybridized carbons (Fsp3) is 0. The van der Waals surface area contributed by atoms with Crippen molar-refractivity contribution in [1.29, 1.82) is 0 Å². The Bertz CT molecular complexity index is 2100. The van der Waals surface area contributed by atoms with Crippen LogP contribution in [0.5, 0.6) is 0 Å². The Morgan fingerprint density at radius 2 is 0.907 bits per heavy atom. The Morgan fingerprint density at radius 1 is 0.419 bits per heavy atom. The lowest BCUT2D eigenvalue weighted by Crippen LogP contribution is -2.55. The lowest BCUT2D eigenvalue weighted by Gasteiger charge is -2.20. The van der Waals surface area contributed by atoms with Crippen LogP contribution in [0.15, 0.2) is 120 Å². The Hall–Kier alpha value is -4.76. The van der Waals surface area contributed by atoms with E-state index < -0.39 is 0 Å². The third-order valence-electron chi connectivity index (χ3n) is 9.28. The van der Waals surface area contributed by atoms with Crippen molar-refractivity contribution in [3.63, 3.8) is 0 Å². The number of furan rings is 1. The van der Waals surface area contributed by atoms with Crippen molar-refractivity contribution in [2.75, 3.05) is 5.32 Å². The molecule has 0 aliphatic carbocycles. The second-order valence-corrected chi connectivity index (χ2v) is 11.6. The highest BCUT2D eigenvalue weighted by Crippen LogP contribution is 2.36. The number of hydrogen-bond donors (Lipinski definition) is 1. The van der Waals surface area contributed by atoms with Gasteiger partial charge in [-0.25, -0.2) is 0 Å². The smallest absolute Gasteiger partial charge is 0.143 e. The van der Waals surface area contributed by atoms with E-state index in [1.54, 1.807) is 0 Å². The van der Waals surface area contributed by atoms with Crippen LogP contribution in [0.1, 0.15) is 0 Å². The van der Waals surface area contributed by atoms with E-state index in [0.717, 1.165) is 44.4 Å². The zero-order chi connectivity index (χ0) is 29.7. The lowest BCUT2D eigenvalue weighted by molar-refractivity contribution is 0.670. The summed E-state index contributed by atoms with van der Waals surface area (Å²) in [4.78, 5) is 0. The van der Waals surface area contributed by atoms with Crippen LogP contribution in [0.25, 0.3) is 55.3 Å². The van der Waals surface area contributed by atoms with E-state index in [2.05, 4.69) is 148 Å². The molecule has 1 heterocycles. The van der Waals surface area contributed by atoms with E-state index in [1.165, 1.54) is 49.6 Å². The molecule has 7 heteroatoms. The predicted octanol–water partition coefficient (Wildman–Crippen LogP) is 1.62. The van der Waals surface area contributed by atoms with Gasteiger partial charge in [-0.15, -0.1) is 16.4 Å². The van der Waals surface area contributed by atoms with Crippen LogP contribution in [-0.2, 0) is 0 Å². The second kappa shape index (κ2) is 10.8. The molecule has 7 rings (SSSR count). The zero-order valence-corrected chi connectivity index (χ0v) is 25.4. The first-order chi connectivity index (χ1) is 20.9. The summed E-state index contributed by atoms with van der Waals surface area (Å²) < 4.78 is 6.25. The first-order valence-electron chi connectivity index (χ1n) is 14.9. The normalized spacial score (nSPS) is 11.3. The molecule has 0 aliphatic heterocycles. The summed E-state index contributed by atoms with van der Waals surface area (Å²) in [6.45, 7) is 0. The molecule has 0 unspecified atom stereocenters. The van der Waals surface area contributed by atoms with Crippen molar-refractivity contribution in [2.24, 2.45) is 0 Å². The van der Waals surface area contributed by atoms with Gasteiger partial charge < -0.3 is 9.73 Å². The Kier molecular flexibility index (Phi) is 6.82. The van der Waals surface area contributed by atoms with Gasteiger partial charge in [0.2, 0.25) is 0 Å². The summed E-state index contributed by atoms with van der Waals surface area (Å²) in [6.07, 6.45) is 0. The van der Waals surface area contributed by atoms with Gasteiger partial charge in [0.1, 0.15) is 50.4 Å². The number of fused-ring (bicyclic) bond motifs is 3. The SMILES string of the molecule is Bc1c(B)c(B)c(-c2ccc(-c3ccc(Nc4ccc(-c5cccc6c5oc5ccccc56)cc4)cc3)cc2)c(B)c1B. The molecule has 0 amide bonds. The molecule has 43 heavy (non-hydrogen) atoms. The average molecular weight is 547 g/mol. The highest BCUT2D eigenvalue weighted by molar-refractivity contribution is 6.68. The van der Waals surface area contributed by atoms with Crippen LogP contribution in [-0.4, -0.2) is 39.2 Å². The fourth-order valence-corrected chi connectivity index (χ4v) is 6.38. The third kappa shape index (κ3) is 4.79. The molecule has 2 nitrogen and oxygen atoms in total. The third-order valence-corrected chi connectivity index (χ3v) is 9.28. The number of nitrogens with one attached hydrogen (secondary N) is 1. The summed E-state index contributed by atoms with van der Waals surface area (Å²) >= 11 is 0. The molecule has 0 spiro atoms. The molecule has 0 fully saturated rings. The van der Waals surface area contributed by atoms with E-state index in [-0.39, 0.29) is 0 Å². The lowest BCUT2D eigenvalue weighted by atomic mass is 9.59. The predicted molar refractivity (Wildman–Crippen MR) is 201 cm³/mol. The second-order valence-electron chi connectivity index (χ2n) is 11.6. The van der Waals surface area contributed by atoms with Gasteiger partial charge in [0.25, 0.3) is 0 Å². The highest BCUT2D eigenvalue weighted by Gasteiger charge is 2.14. The molecule has 200 valence electrons. The van der Waals surface area contributed by atoms with Crippen molar-refractivity contribution in [3.05, 3.63) is 115 Å². The van der Waals surface area contributed by atoms with Crippen molar-refractivity contribution in [1.82, 2.24) is 0 Å². The fourth-order valence-electron chi connectivity index (χ4n) is 6.38. The molecular formula is C36H30B5NO. The van der Waals surface area contributed by atoms with E-state index in [1.807, 2.05) is 12.1 Å². The number of rotatable bonds is 5. The quantitative estimate of drug-likeness (QED) is 0.332. The van der Waals surface area contributed by atoms with Gasteiger partial charge in [-0.2, -0.15) is 0 Å². The van der Waals surface area contributed by atoms with E-state index in [9.17, 15) is 0 Å². The Balaban J connectivity index is 1.09. The molecule has 0 saturated carbocycles. The molecule has 0 radical (unpaired) electrons. The Morgan fingerprint density at radius 3 is 1.53 bits per heavy atom. The average Bonchev–Trinajstić information content (AvgIpc) is 3.43. The maximum Gasteiger partial charge on any atom is 0.143 e. The van der Waals surface area contributed by atoms with Crippen molar-refractivity contribution >= 4 is 99.9 Å². The maximum absolute atomic E-state index is 6.25. The van der Waals surface area contributed by atoms with Crippen LogP contribution in [0.2, 0.25) is 0 Å². The standard InChI is InChI=1S/C36H30B5NO/c37-31-30(32(38)34(40)35(41)33(31)39)23-10-8-20(9-11-23)21-12-16-24(17-13-21)42-25-18-14-22(15-19-25)26-5-3-6-28-27-4-1-2-7-29(27)43-36(26)28/h1-19,42H,37-41H2. The van der Waals surface area contributed by atoms with Crippen molar-refractivity contribution in [3.8, 4) is 33.4 Å².